The predicted octanol–water partition coefficient (Wildman–Crippen LogP) is 1.96. The molecular weight excluding hydrogens is 316 g/mol. The summed E-state index contributed by atoms with van der Waals surface area (Å²) in [5.74, 6) is -0.963. The second-order valence-electron chi connectivity index (χ2n) is 6.17. The summed E-state index contributed by atoms with van der Waals surface area (Å²) < 4.78 is 27.2. The smallest absolute Gasteiger partial charge is 0.322 e. The van der Waals surface area contributed by atoms with Crippen LogP contribution in [0.4, 0.5) is 0 Å². The third-order valence-electron chi connectivity index (χ3n) is 4.87. The summed E-state index contributed by atoms with van der Waals surface area (Å²) >= 11 is 0. The molecule has 1 N–H and O–H groups in total. The minimum absolute atomic E-state index is 0.0500. The Morgan fingerprint density at radius 1 is 1.22 bits per heavy atom. The lowest BCUT2D eigenvalue weighted by atomic mass is 9.85. The number of carboxylic acid groups (broad SMARTS) is 1. The Labute approximate surface area is 135 Å². The summed E-state index contributed by atoms with van der Waals surface area (Å²) in [6.45, 7) is 0. The van der Waals surface area contributed by atoms with E-state index in [-0.39, 0.29) is 16.9 Å². The van der Waals surface area contributed by atoms with Gasteiger partial charge in [0, 0.05) is 6.04 Å². The highest BCUT2D eigenvalue weighted by molar-refractivity contribution is 7.89. The molecule has 1 aliphatic carbocycles. The second kappa shape index (κ2) is 5.95. The van der Waals surface area contributed by atoms with E-state index in [4.69, 9.17) is 5.26 Å². The van der Waals surface area contributed by atoms with Gasteiger partial charge in [-0.1, -0.05) is 12.8 Å². The van der Waals surface area contributed by atoms with Crippen LogP contribution in [0.25, 0.3) is 0 Å². The Morgan fingerprint density at radius 3 is 2.48 bits per heavy atom. The van der Waals surface area contributed by atoms with Crippen molar-refractivity contribution in [2.45, 2.75) is 49.1 Å². The summed E-state index contributed by atoms with van der Waals surface area (Å²) in [6.07, 6.45) is 3.93. The number of nitrogens with zero attached hydrogens (tertiary/aromatic N) is 2. The molecule has 1 aromatic rings. The van der Waals surface area contributed by atoms with E-state index >= 15 is 0 Å². The highest BCUT2D eigenvalue weighted by Crippen LogP contribution is 2.42. The molecule has 1 aliphatic heterocycles. The van der Waals surface area contributed by atoms with Crippen LogP contribution < -0.4 is 0 Å². The lowest BCUT2D eigenvalue weighted by Crippen LogP contribution is -2.46. The number of hydrogen-bond acceptors (Lipinski definition) is 4. The van der Waals surface area contributed by atoms with Gasteiger partial charge in [-0.15, -0.1) is 0 Å². The van der Waals surface area contributed by atoms with Gasteiger partial charge in [0.15, 0.2) is 0 Å². The van der Waals surface area contributed by atoms with Crippen LogP contribution >= 0.6 is 0 Å². The first-order chi connectivity index (χ1) is 10.9. The van der Waals surface area contributed by atoms with Crippen molar-refractivity contribution in [1.82, 2.24) is 4.31 Å². The first-order valence-corrected chi connectivity index (χ1v) is 9.15. The lowest BCUT2D eigenvalue weighted by Gasteiger charge is -2.32. The van der Waals surface area contributed by atoms with Crippen LogP contribution in [-0.4, -0.2) is 35.9 Å². The number of sulfonamides is 1. The number of carboxylic acids is 1. The first kappa shape index (κ1) is 16.0. The number of benzene rings is 1. The zero-order valence-electron chi connectivity index (χ0n) is 12.6. The summed E-state index contributed by atoms with van der Waals surface area (Å²) in [7, 11) is -3.89. The molecule has 6 nitrogen and oxygen atoms in total. The number of nitriles is 1. The quantitative estimate of drug-likeness (QED) is 0.911. The molecule has 2 aliphatic rings. The van der Waals surface area contributed by atoms with Crippen molar-refractivity contribution < 1.29 is 18.3 Å². The Balaban J connectivity index is 2.01. The molecule has 3 rings (SSSR count). The van der Waals surface area contributed by atoms with Crippen LogP contribution in [0.5, 0.6) is 0 Å². The van der Waals surface area contributed by atoms with Crippen molar-refractivity contribution in [2.75, 3.05) is 0 Å². The molecule has 0 unspecified atom stereocenters. The van der Waals surface area contributed by atoms with E-state index in [1.165, 1.54) is 28.6 Å². The molecule has 1 heterocycles. The maximum absolute atomic E-state index is 13.0. The highest BCUT2D eigenvalue weighted by atomic mass is 32.2. The average Bonchev–Trinajstić information content (AvgIpc) is 2.95. The monoisotopic (exact) mass is 334 g/mol. The molecule has 0 bridgehead atoms. The van der Waals surface area contributed by atoms with Crippen LogP contribution in [0.15, 0.2) is 29.2 Å². The largest absolute Gasteiger partial charge is 0.480 e. The van der Waals surface area contributed by atoms with Crippen LogP contribution in [0.2, 0.25) is 0 Å². The molecule has 1 aromatic carbocycles. The Kier molecular flexibility index (Phi) is 4.13. The van der Waals surface area contributed by atoms with E-state index in [0.717, 1.165) is 19.3 Å². The van der Waals surface area contributed by atoms with Gasteiger partial charge < -0.3 is 5.11 Å². The Morgan fingerprint density at radius 2 is 1.87 bits per heavy atom. The normalized spacial score (nSPS) is 28.0. The Hall–Kier alpha value is -1.91. The number of aliphatic carboxylic acids is 1. The number of fused-ring (bicyclic) bond motifs is 1. The summed E-state index contributed by atoms with van der Waals surface area (Å²) in [5, 5.41) is 18.3. The second-order valence-corrected chi connectivity index (χ2v) is 8.02. The fourth-order valence-electron chi connectivity index (χ4n) is 3.80. The van der Waals surface area contributed by atoms with E-state index in [2.05, 4.69) is 0 Å². The van der Waals surface area contributed by atoms with Gasteiger partial charge in [0.1, 0.15) is 6.04 Å². The predicted molar refractivity (Wildman–Crippen MR) is 82.0 cm³/mol. The van der Waals surface area contributed by atoms with Crippen molar-refractivity contribution in [1.29, 1.82) is 5.26 Å². The third-order valence-corrected chi connectivity index (χ3v) is 6.82. The van der Waals surface area contributed by atoms with Crippen molar-refractivity contribution in [3.8, 4) is 6.07 Å². The van der Waals surface area contributed by atoms with Crippen molar-refractivity contribution >= 4 is 16.0 Å². The van der Waals surface area contributed by atoms with Crippen LogP contribution in [0.3, 0.4) is 0 Å². The van der Waals surface area contributed by atoms with Gasteiger partial charge in [-0.25, -0.2) is 8.42 Å². The molecule has 2 fully saturated rings. The van der Waals surface area contributed by atoms with Gasteiger partial charge in [-0.3, -0.25) is 4.79 Å². The molecule has 0 aromatic heterocycles. The number of rotatable bonds is 3. The summed E-state index contributed by atoms with van der Waals surface area (Å²) in [6, 6.07) is 6.36. The van der Waals surface area contributed by atoms with E-state index < -0.39 is 22.0 Å². The molecular formula is C16H18N2O4S. The molecule has 0 amide bonds. The van der Waals surface area contributed by atoms with Crippen molar-refractivity contribution in [3.05, 3.63) is 29.8 Å². The first-order valence-electron chi connectivity index (χ1n) is 7.71. The maximum Gasteiger partial charge on any atom is 0.322 e. The number of hydrogen-bond donors (Lipinski definition) is 1. The van der Waals surface area contributed by atoms with E-state index in [9.17, 15) is 18.3 Å². The fraction of sp³-hybridized carbons (Fsp3) is 0.500. The Bertz CT molecular complexity index is 751. The van der Waals surface area contributed by atoms with Crippen LogP contribution in [-0.2, 0) is 14.8 Å². The van der Waals surface area contributed by atoms with Crippen molar-refractivity contribution in [3.63, 3.8) is 0 Å². The van der Waals surface area contributed by atoms with Gasteiger partial charge in [-0.2, -0.15) is 9.57 Å². The minimum Gasteiger partial charge on any atom is -0.480 e. The minimum atomic E-state index is -3.89. The molecule has 7 heteroatoms. The molecule has 3 atom stereocenters. The van der Waals surface area contributed by atoms with Gasteiger partial charge in [0.2, 0.25) is 10.0 Å². The standard InChI is InChI=1S/C16H18N2O4S/c17-10-11-5-7-13(8-6-11)23(21,22)18-14-4-2-1-3-12(14)9-15(18)16(19)20/h5-8,12,14-15H,1-4,9H2,(H,19,20)/t12-,14-,15-/m0/s1. The molecule has 1 saturated carbocycles. The summed E-state index contributed by atoms with van der Waals surface area (Å²) in [4.78, 5) is 11.6. The molecule has 23 heavy (non-hydrogen) atoms. The molecule has 0 spiro atoms. The van der Waals surface area contributed by atoms with Gasteiger partial charge in [0.25, 0.3) is 0 Å². The van der Waals surface area contributed by atoms with E-state index in [1.54, 1.807) is 0 Å². The highest BCUT2D eigenvalue weighted by Gasteiger charge is 2.51. The van der Waals surface area contributed by atoms with Crippen LogP contribution in [0, 0.1) is 17.2 Å². The molecule has 0 radical (unpaired) electrons. The van der Waals surface area contributed by atoms with Gasteiger partial charge in [-0.05, 0) is 49.4 Å². The zero-order valence-corrected chi connectivity index (χ0v) is 13.4. The third kappa shape index (κ3) is 2.73. The van der Waals surface area contributed by atoms with Crippen LogP contribution in [0.1, 0.15) is 37.7 Å². The molecule has 1 saturated heterocycles. The lowest BCUT2D eigenvalue weighted by molar-refractivity contribution is -0.141. The SMILES string of the molecule is N#Cc1ccc(S(=O)(=O)N2[C@H](C(=O)O)C[C@@H]3CCCC[C@@H]32)cc1. The summed E-state index contributed by atoms with van der Waals surface area (Å²) in [5.41, 5.74) is 0.371. The van der Waals surface area contributed by atoms with E-state index in [1.807, 2.05) is 6.07 Å². The van der Waals surface area contributed by atoms with Gasteiger partial charge >= 0.3 is 5.97 Å². The van der Waals surface area contributed by atoms with E-state index in [0.29, 0.717) is 18.4 Å². The number of carbonyl (C=O) groups is 1. The zero-order chi connectivity index (χ0) is 16.6. The average molecular weight is 334 g/mol. The van der Waals surface area contributed by atoms with Gasteiger partial charge in [0.05, 0.1) is 16.5 Å². The fourth-order valence-corrected chi connectivity index (χ4v) is 5.67. The van der Waals surface area contributed by atoms with Crippen molar-refractivity contribution in [2.24, 2.45) is 5.92 Å². The topological polar surface area (TPSA) is 98.5 Å². The maximum atomic E-state index is 13.0. The molecule has 122 valence electrons.